The highest BCUT2D eigenvalue weighted by molar-refractivity contribution is 5.96. The first-order chi connectivity index (χ1) is 15.7. The minimum absolute atomic E-state index is 0.0819. The van der Waals surface area contributed by atoms with E-state index in [9.17, 15) is 14.4 Å². The maximum Gasteiger partial charge on any atom is 0.306 e. The summed E-state index contributed by atoms with van der Waals surface area (Å²) in [5.74, 6) is -0.775. The fourth-order valence-corrected chi connectivity index (χ4v) is 3.96. The van der Waals surface area contributed by atoms with Gasteiger partial charge >= 0.3 is 5.97 Å². The molecule has 0 unspecified atom stereocenters. The molecule has 7 nitrogen and oxygen atoms in total. The highest BCUT2D eigenvalue weighted by Gasteiger charge is 2.37. The van der Waals surface area contributed by atoms with E-state index in [1.807, 2.05) is 51.1 Å². The molecule has 0 radical (unpaired) electrons. The fraction of sp³-hybridized carbons (Fsp3) is 0.500. The van der Waals surface area contributed by atoms with Crippen LogP contribution in [0.3, 0.4) is 0 Å². The lowest BCUT2D eigenvalue weighted by Crippen LogP contribution is -2.34. The highest BCUT2D eigenvalue weighted by atomic mass is 16.6. The SMILES string of the molecule is CC(C)(C)OC(=O)CCC1(CC(=O)c2occc(=O)c2OCc2ccccc2)CCOCC1. The monoisotopic (exact) mass is 456 g/mol. The van der Waals surface area contributed by atoms with Crippen LogP contribution in [0.4, 0.5) is 0 Å². The maximum absolute atomic E-state index is 13.3. The molecule has 3 rings (SSSR count). The van der Waals surface area contributed by atoms with Crippen LogP contribution in [0.25, 0.3) is 0 Å². The molecule has 0 amide bonds. The zero-order valence-corrected chi connectivity index (χ0v) is 19.6. The Bertz CT molecular complexity index is 995. The Labute approximate surface area is 194 Å². The molecule has 0 bridgehead atoms. The van der Waals surface area contributed by atoms with Crippen LogP contribution in [0.1, 0.15) is 69.0 Å². The van der Waals surface area contributed by atoms with E-state index in [0.29, 0.717) is 32.5 Å². The third-order valence-corrected chi connectivity index (χ3v) is 5.68. The van der Waals surface area contributed by atoms with Gasteiger partial charge in [-0.1, -0.05) is 30.3 Å². The standard InChI is InChI=1S/C26H32O7/c1-25(2,3)33-22(29)9-11-26(12-15-30-16-13-26)17-21(28)24-23(20(27)10-14-31-24)32-18-19-7-5-4-6-8-19/h4-8,10,14H,9,11-13,15-18H2,1-3H3. The molecule has 0 spiro atoms. The van der Waals surface area contributed by atoms with Gasteiger partial charge in [0.1, 0.15) is 12.2 Å². The highest BCUT2D eigenvalue weighted by Crippen LogP contribution is 2.40. The second-order valence-corrected chi connectivity index (χ2v) is 9.52. The number of rotatable bonds is 9. The number of esters is 1. The first kappa shape index (κ1) is 24.7. The van der Waals surface area contributed by atoms with E-state index in [-0.39, 0.29) is 42.7 Å². The van der Waals surface area contributed by atoms with Crippen LogP contribution in [0.5, 0.6) is 5.75 Å². The van der Waals surface area contributed by atoms with Crippen molar-refractivity contribution >= 4 is 11.8 Å². The predicted octanol–water partition coefficient (Wildman–Crippen LogP) is 4.71. The molecule has 0 atom stereocenters. The van der Waals surface area contributed by atoms with Crippen molar-refractivity contribution in [2.24, 2.45) is 5.41 Å². The van der Waals surface area contributed by atoms with Crippen LogP contribution in [0, 0.1) is 5.41 Å². The Morgan fingerprint density at radius 2 is 1.76 bits per heavy atom. The number of benzene rings is 1. The van der Waals surface area contributed by atoms with Crippen molar-refractivity contribution in [3.63, 3.8) is 0 Å². The van der Waals surface area contributed by atoms with Crippen LogP contribution >= 0.6 is 0 Å². The molecule has 33 heavy (non-hydrogen) atoms. The van der Waals surface area contributed by atoms with E-state index in [1.54, 1.807) is 0 Å². The third kappa shape index (κ3) is 7.29. The van der Waals surface area contributed by atoms with E-state index < -0.39 is 16.4 Å². The number of Topliss-reactive ketones (excluding diaryl/α,β-unsaturated/α-hetero) is 1. The number of hydrogen-bond donors (Lipinski definition) is 0. The molecule has 1 saturated heterocycles. The van der Waals surface area contributed by atoms with Crippen molar-refractivity contribution in [2.45, 2.75) is 65.1 Å². The topological polar surface area (TPSA) is 92.0 Å². The van der Waals surface area contributed by atoms with Crippen molar-refractivity contribution in [3.8, 4) is 5.75 Å². The normalized spacial score (nSPS) is 15.6. The second kappa shape index (κ2) is 10.8. The van der Waals surface area contributed by atoms with Gasteiger partial charge in [0, 0.05) is 32.1 Å². The van der Waals surface area contributed by atoms with Crippen LogP contribution < -0.4 is 10.2 Å². The zero-order chi connectivity index (χ0) is 23.9. The number of ketones is 1. The Morgan fingerprint density at radius 3 is 2.42 bits per heavy atom. The summed E-state index contributed by atoms with van der Waals surface area (Å²) in [4.78, 5) is 38.1. The first-order valence-electron chi connectivity index (χ1n) is 11.3. The van der Waals surface area contributed by atoms with Crippen molar-refractivity contribution in [3.05, 3.63) is 64.2 Å². The summed E-state index contributed by atoms with van der Waals surface area (Å²) in [7, 11) is 0. The van der Waals surface area contributed by atoms with Gasteiger partial charge in [0.25, 0.3) is 0 Å². The lowest BCUT2D eigenvalue weighted by molar-refractivity contribution is -0.156. The van der Waals surface area contributed by atoms with E-state index in [0.717, 1.165) is 5.56 Å². The Balaban J connectivity index is 1.75. The van der Waals surface area contributed by atoms with E-state index >= 15 is 0 Å². The van der Waals surface area contributed by atoms with Crippen molar-refractivity contribution in [2.75, 3.05) is 13.2 Å². The summed E-state index contributed by atoms with van der Waals surface area (Å²) in [6.45, 7) is 6.65. The molecule has 7 heteroatoms. The summed E-state index contributed by atoms with van der Waals surface area (Å²) < 4.78 is 22.1. The zero-order valence-electron chi connectivity index (χ0n) is 19.6. The van der Waals surface area contributed by atoms with Crippen molar-refractivity contribution in [1.29, 1.82) is 0 Å². The van der Waals surface area contributed by atoms with E-state index in [1.165, 1.54) is 12.3 Å². The van der Waals surface area contributed by atoms with Gasteiger partial charge in [0.05, 0.1) is 6.26 Å². The number of ether oxygens (including phenoxy) is 3. The van der Waals surface area contributed by atoms with Crippen LogP contribution in [-0.4, -0.2) is 30.6 Å². The van der Waals surface area contributed by atoms with Gasteiger partial charge < -0.3 is 18.6 Å². The Hall–Kier alpha value is -2.93. The summed E-state index contributed by atoms with van der Waals surface area (Å²) >= 11 is 0. The molecule has 1 fully saturated rings. The minimum atomic E-state index is -0.561. The molecule has 1 aliphatic heterocycles. The lowest BCUT2D eigenvalue weighted by atomic mass is 9.72. The van der Waals surface area contributed by atoms with Gasteiger partial charge in [-0.3, -0.25) is 14.4 Å². The molecule has 0 aliphatic carbocycles. The van der Waals surface area contributed by atoms with E-state index in [2.05, 4.69) is 0 Å². The average Bonchev–Trinajstić information content (AvgIpc) is 2.77. The Morgan fingerprint density at radius 1 is 1.06 bits per heavy atom. The minimum Gasteiger partial charge on any atom is -0.481 e. The van der Waals surface area contributed by atoms with Crippen LogP contribution in [-0.2, 0) is 20.9 Å². The third-order valence-electron chi connectivity index (χ3n) is 5.68. The Kier molecular flexibility index (Phi) is 8.08. The number of hydrogen-bond acceptors (Lipinski definition) is 7. The average molecular weight is 457 g/mol. The number of carbonyl (C=O) groups is 2. The van der Waals surface area contributed by atoms with E-state index in [4.69, 9.17) is 18.6 Å². The van der Waals surface area contributed by atoms with Gasteiger partial charge in [-0.15, -0.1) is 0 Å². The molecule has 178 valence electrons. The quantitative estimate of drug-likeness (QED) is 0.398. The molecule has 0 N–H and O–H groups in total. The predicted molar refractivity (Wildman–Crippen MR) is 122 cm³/mol. The largest absolute Gasteiger partial charge is 0.481 e. The van der Waals surface area contributed by atoms with Gasteiger partial charge in [0.2, 0.25) is 22.7 Å². The molecule has 2 heterocycles. The summed E-state index contributed by atoms with van der Waals surface area (Å²) in [6, 6.07) is 10.6. The van der Waals surface area contributed by atoms with Crippen LogP contribution in [0.15, 0.2) is 51.9 Å². The van der Waals surface area contributed by atoms with Gasteiger partial charge in [-0.05, 0) is 51.0 Å². The molecule has 0 saturated carbocycles. The first-order valence-corrected chi connectivity index (χ1v) is 11.3. The molecular formula is C26H32O7. The van der Waals surface area contributed by atoms with Gasteiger partial charge in [0.15, 0.2) is 0 Å². The molecule has 1 aromatic carbocycles. The molecule has 2 aromatic rings. The molecule has 1 aromatic heterocycles. The molecular weight excluding hydrogens is 424 g/mol. The summed E-state index contributed by atoms with van der Waals surface area (Å²) in [5, 5.41) is 0. The maximum atomic E-state index is 13.3. The van der Waals surface area contributed by atoms with Gasteiger partial charge in [-0.25, -0.2) is 0 Å². The van der Waals surface area contributed by atoms with Crippen molar-refractivity contribution in [1.82, 2.24) is 0 Å². The van der Waals surface area contributed by atoms with Gasteiger partial charge in [-0.2, -0.15) is 0 Å². The number of carbonyl (C=O) groups excluding carboxylic acids is 2. The second-order valence-electron chi connectivity index (χ2n) is 9.52. The fourth-order valence-electron chi connectivity index (χ4n) is 3.96. The lowest BCUT2D eigenvalue weighted by Gasteiger charge is -2.36. The van der Waals surface area contributed by atoms with Crippen molar-refractivity contribution < 1.29 is 28.2 Å². The summed E-state index contributed by atoms with van der Waals surface area (Å²) in [5.41, 5.74) is -0.529. The smallest absolute Gasteiger partial charge is 0.306 e. The molecule has 1 aliphatic rings. The van der Waals surface area contributed by atoms with Crippen LogP contribution in [0.2, 0.25) is 0 Å². The summed E-state index contributed by atoms with van der Waals surface area (Å²) in [6.07, 6.45) is 3.32.